The molecule has 0 radical (unpaired) electrons. The maximum atomic E-state index is 11.5. The van der Waals surface area contributed by atoms with Crippen LogP contribution < -0.4 is 4.74 Å². The fraction of sp³-hybridized carbons (Fsp3) is 0.452. The summed E-state index contributed by atoms with van der Waals surface area (Å²) < 4.78 is 6.11. The monoisotopic (exact) mass is 516 g/mol. The number of hydrogen-bond acceptors (Lipinski definition) is 5. The molecule has 1 atom stereocenters. The van der Waals surface area contributed by atoms with Gasteiger partial charge in [0.15, 0.2) is 0 Å². The van der Waals surface area contributed by atoms with Gasteiger partial charge in [0.1, 0.15) is 12.4 Å². The number of aromatic nitrogens is 1. The van der Waals surface area contributed by atoms with Crippen LogP contribution in [0.1, 0.15) is 76.0 Å². The Kier molecular flexibility index (Phi) is 7.84. The maximum Gasteiger partial charge on any atom is 0.305 e. The van der Waals surface area contributed by atoms with Crippen molar-refractivity contribution in [3.63, 3.8) is 0 Å². The zero-order valence-corrected chi connectivity index (χ0v) is 22.4. The second kappa shape index (κ2) is 11.3. The van der Waals surface area contributed by atoms with Crippen molar-refractivity contribution >= 4 is 33.7 Å². The van der Waals surface area contributed by atoms with Crippen LogP contribution in [0.3, 0.4) is 0 Å². The molecule has 1 fully saturated rings. The molecule has 5 rings (SSSR count). The van der Waals surface area contributed by atoms with Crippen LogP contribution in [0.15, 0.2) is 65.7 Å². The molecule has 0 bridgehead atoms. The molecule has 1 aromatic heterocycles. The smallest absolute Gasteiger partial charge is 0.305 e. The number of ether oxygens (including phenoxy) is 1. The van der Waals surface area contributed by atoms with Crippen LogP contribution in [0.4, 0.5) is 0 Å². The van der Waals surface area contributed by atoms with Gasteiger partial charge in [0.05, 0.1) is 28.2 Å². The summed E-state index contributed by atoms with van der Waals surface area (Å²) in [6.07, 6.45) is 9.07. The van der Waals surface area contributed by atoms with Crippen molar-refractivity contribution < 1.29 is 14.6 Å². The zero-order chi connectivity index (χ0) is 25.7. The molecule has 1 aliphatic heterocycles. The maximum absolute atomic E-state index is 11.5. The Labute approximate surface area is 223 Å². The predicted molar refractivity (Wildman–Crippen MR) is 152 cm³/mol. The normalized spacial score (nSPS) is 21.4. The average Bonchev–Trinajstić information content (AvgIpc) is 3.14. The Bertz CT molecular complexity index is 1260. The molecule has 2 aromatic carbocycles. The summed E-state index contributed by atoms with van der Waals surface area (Å²) in [5, 5.41) is 11.7. The molecular weight excluding hydrogens is 480 g/mol. The van der Waals surface area contributed by atoms with Gasteiger partial charge in [0.25, 0.3) is 0 Å². The molecule has 1 N–H and O–H groups in total. The lowest BCUT2D eigenvalue weighted by Crippen LogP contribution is -2.30. The first-order valence-corrected chi connectivity index (χ1v) is 14.5. The molecule has 1 saturated carbocycles. The van der Waals surface area contributed by atoms with Gasteiger partial charge in [-0.05, 0) is 49.1 Å². The number of thioether (sulfide) groups is 1. The third-order valence-corrected chi connectivity index (χ3v) is 9.32. The van der Waals surface area contributed by atoms with E-state index in [-0.39, 0.29) is 11.8 Å². The summed E-state index contributed by atoms with van der Waals surface area (Å²) >= 11 is 1.77. The van der Waals surface area contributed by atoms with Crippen molar-refractivity contribution in [2.45, 2.75) is 82.3 Å². The number of hydrogen-bond donors (Lipinski definition) is 1. The van der Waals surface area contributed by atoms with Crippen LogP contribution in [0, 0.1) is 0 Å². The number of pyridine rings is 1. The van der Waals surface area contributed by atoms with Crippen molar-refractivity contribution in [2.75, 3.05) is 5.75 Å². The van der Waals surface area contributed by atoms with Gasteiger partial charge in [-0.2, -0.15) is 0 Å². The van der Waals surface area contributed by atoms with Crippen LogP contribution in [0.2, 0.25) is 0 Å². The molecule has 37 heavy (non-hydrogen) atoms. The fourth-order valence-corrected chi connectivity index (χ4v) is 7.27. The molecule has 5 nitrogen and oxygen atoms in total. The van der Waals surface area contributed by atoms with Crippen molar-refractivity contribution in [2.24, 2.45) is 4.99 Å². The molecule has 2 heterocycles. The fourth-order valence-electron chi connectivity index (χ4n) is 5.83. The Morgan fingerprint density at radius 1 is 1.00 bits per heavy atom. The summed E-state index contributed by atoms with van der Waals surface area (Å²) in [5.41, 5.74) is 2.85. The van der Waals surface area contributed by atoms with E-state index in [1.165, 1.54) is 31.2 Å². The third kappa shape index (κ3) is 6.01. The van der Waals surface area contributed by atoms with Crippen molar-refractivity contribution in [3.8, 4) is 5.75 Å². The number of rotatable bonds is 9. The van der Waals surface area contributed by atoms with E-state index in [4.69, 9.17) is 14.7 Å². The first-order chi connectivity index (χ1) is 18.0. The van der Waals surface area contributed by atoms with Crippen molar-refractivity contribution in [3.05, 3.63) is 71.9 Å². The number of nitrogens with zero attached hydrogens (tertiary/aromatic N) is 2. The van der Waals surface area contributed by atoms with Gasteiger partial charge in [-0.3, -0.25) is 9.79 Å². The molecule has 0 spiro atoms. The van der Waals surface area contributed by atoms with Gasteiger partial charge in [-0.25, -0.2) is 4.98 Å². The lowest BCUT2D eigenvalue weighted by molar-refractivity contribution is -0.138. The Morgan fingerprint density at radius 3 is 2.49 bits per heavy atom. The van der Waals surface area contributed by atoms with Crippen molar-refractivity contribution in [1.29, 1.82) is 0 Å². The van der Waals surface area contributed by atoms with Gasteiger partial charge >= 0.3 is 5.97 Å². The molecule has 194 valence electrons. The van der Waals surface area contributed by atoms with E-state index in [0.29, 0.717) is 6.61 Å². The van der Waals surface area contributed by atoms with Gasteiger partial charge in [0.2, 0.25) is 0 Å². The Balaban J connectivity index is 1.32. The van der Waals surface area contributed by atoms with Gasteiger partial charge in [-0.15, -0.1) is 11.8 Å². The molecule has 0 saturated heterocycles. The number of fused-ring (bicyclic) bond motifs is 1. The first kappa shape index (κ1) is 25.8. The Morgan fingerprint density at radius 2 is 1.76 bits per heavy atom. The molecule has 0 amide bonds. The number of carboxylic acid groups (broad SMARTS) is 1. The van der Waals surface area contributed by atoms with Gasteiger partial charge < -0.3 is 9.84 Å². The van der Waals surface area contributed by atoms with E-state index in [0.717, 1.165) is 58.8 Å². The largest absolute Gasteiger partial charge is 0.487 e. The highest BCUT2D eigenvalue weighted by Gasteiger charge is 2.40. The summed E-state index contributed by atoms with van der Waals surface area (Å²) in [5.74, 6) is 0.865. The SMILES string of the molecule is CCC1(CC(=O)O)CSC(CC2(c3ccc(OCc4ccc5ccccc5n4)cc3)CCCCCC2)=N1. The highest BCUT2D eigenvalue weighted by molar-refractivity contribution is 8.14. The molecular formula is C31H36N2O3S. The summed E-state index contributed by atoms with van der Waals surface area (Å²) in [6, 6.07) is 20.9. The zero-order valence-electron chi connectivity index (χ0n) is 21.6. The second-order valence-corrected chi connectivity index (χ2v) is 11.7. The van der Waals surface area contributed by atoms with E-state index >= 15 is 0 Å². The van der Waals surface area contributed by atoms with Crippen LogP contribution in [-0.2, 0) is 16.8 Å². The highest BCUT2D eigenvalue weighted by atomic mass is 32.2. The number of benzene rings is 2. The molecule has 3 aromatic rings. The number of aliphatic imine (C=N–C) groups is 1. The van der Waals surface area contributed by atoms with E-state index in [2.05, 4.69) is 43.3 Å². The molecule has 1 aliphatic carbocycles. The second-order valence-electron chi connectivity index (χ2n) is 10.6. The summed E-state index contributed by atoms with van der Waals surface area (Å²) in [4.78, 5) is 21.2. The Hall–Kier alpha value is -2.86. The van der Waals surface area contributed by atoms with E-state index in [1.807, 2.05) is 24.3 Å². The molecule has 1 unspecified atom stereocenters. The van der Waals surface area contributed by atoms with E-state index in [1.54, 1.807) is 11.8 Å². The minimum Gasteiger partial charge on any atom is -0.487 e. The standard InChI is InChI=1S/C31H36N2O3S/c1-2-31(20-29(34)35)22-37-28(33-31)19-30(17-7-3-4-8-18-30)24-12-15-26(16-13-24)36-21-25-14-11-23-9-5-6-10-27(23)32-25/h5-6,9-16H,2-4,7-8,17-22H2,1H3,(H,34,35). The average molecular weight is 517 g/mol. The van der Waals surface area contributed by atoms with E-state index < -0.39 is 11.5 Å². The minimum atomic E-state index is -0.758. The lowest BCUT2D eigenvalue weighted by Gasteiger charge is -2.34. The van der Waals surface area contributed by atoms with Crippen LogP contribution in [0.25, 0.3) is 10.9 Å². The lowest BCUT2D eigenvalue weighted by atomic mass is 9.72. The third-order valence-electron chi connectivity index (χ3n) is 8.07. The van der Waals surface area contributed by atoms with Crippen LogP contribution in [0.5, 0.6) is 5.75 Å². The number of para-hydroxylation sites is 1. The quantitative estimate of drug-likeness (QED) is 0.297. The number of carbonyl (C=O) groups is 1. The van der Waals surface area contributed by atoms with Crippen molar-refractivity contribution in [1.82, 2.24) is 4.98 Å². The van der Waals surface area contributed by atoms with Gasteiger partial charge in [-0.1, -0.05) is 69.0 Å². The highest BCUT2D eigenvalue weighted by Crippen LogP contribution is 2.45. The number of carboxylic acids is 1. The summed E-state index contributed by atoms with van der Waals surface area (Å²) in [7, 11) is 0. The first-order valence-electron chi connectivity index (χ1n) is 13.5. The summed E-state index contributed by atoms with van der Waals surface area (Å²) in [6.45, 7) is 2.50. The topological polar surface area (TPSA) is 71.8 Å². The minimum absolute atomic E-state index is 0.0494. The molecule has 2 aliphatic rings. The van der Waals surface area contributed by atoms with E-state index in [9.17, 15) is 9.90 Å². The van der Waals surface area contributed by atoms with Gasteiger partial charge in [0, 0.05) is 23.0 Å². The predicted octanol–water partition coefficient (Wildman–Crippen LogP) is 7.56. The molecule has 6 heteroatoms. The number of aliphatic carboxylic acids is 1. The van der Waals surface area contributed by atoms with Crippen LogP contribution in [-0.4, -0.2) is 32.4 Å². The van der Waals surface area contributed by atoms with Crippen LogP contribution >= 0.6 is 11.8 Å².